The van der Waals surface area contributed by atoms with Gasteiger partial charge in [0.05, 0.1) is 11.6 Å². The fourth-order valence-electron chi connectivity index (χ4n) is 3.72. The lowest BCUT2D eigenvalue weighted by Gasteiger charge is -2.43. The molecule has 2 aromatic rings. The third-order valence-electron chi connectivity index (χ3n) is 5.11. The van der Waals surface area contributed by atoms with Crippen LogP contribution >= 0.6 is 0 Å². The van der Waals surface area contributed by atoms with Gasteiger partial charge in [-0.1, -0.05) is 37.3 Å². The quantitative estimate of drug-likeness (QED) is 0.683. The molecule has 0 fully saturated rings. The molecule has 1 amide bonds. The molecule has 1 aliphatic heterocycles. The van der Waals surface area contributed by atoms with E-state index in [0.29, 0.717) is 30.5 Å². The van der Waals surface area contributed by atoms with Crippen molar-refractivity contribution in [3.63, 3.8) is 0 Å². The molecular formula is C20H21F3N2O2. The Labute approximate surface area is 155 Å². The van der Waals surface area contributed by atoms with Crippen molar-refractivity contribution in [1.29, 1.82) is 0 Å². The van der Waals surface area contributed by atoms with Gasteiger partial charge in [0.25, 0.3) is 0 Å². The van der Waals surface area contributed by atoms with Crippen molar-refractivity contribution in [2.75, 3.05) is 5.32 Å². The molecule has 2 aromatic carbocycles. The first kappa shape index (κ1) is 19.1. The SMILES string of the molecule is CCC1(Cc2ccccc2)CC(NC(=O)O)c2cc(C(F)(F)F)ccc2N1. The van der Waals surface area contributed by atoms with Crippen molar-refractivity contribution in [3.05, 3.63) is 65.2 Å². The van der Waals surface area contributed by atoms with E-state index >= 15 is 0 Å². The number of benzene rings is 2. The summed E-state index contributed by atoms with van der Waals surface area (Å²) >= 11 is 0. The molecule has 2 unspecified atom stereocenters. The molecule has 0 saturated carbocycles. The zero-order valence-electron chi connectivity index (χ0n) is 14.8. The Bertz CT molecular complexity index is 824. The van der Waals surface area contributed by atoms with Crippen LogP contribution in [0.5, 0.6) is 0 Å². The van der Waals surface area contributed by atoms with E-state index in [1.807, 2.05) is 37.3 Å². The molecular weight excluding hydrogens is 357 g/mol. The van der Waals surface area contributed by atoms with Crippen molar-refractivity contribution in [2.24, 2.45) is 0 Å². The number of nitrogens with one attached hydrogen (secondary N) is 2. The van der Waals surface area contributed by atoms with Crippen molar-refractivity contribution >= 4 is 11.8 Å². The largest absolute Gasteiger partial charge is 0.465 e. The van der Waals surface area contributed by atoms with E-state index in [9.17, 15) is 23.1 Å². The fourth-order valence-corrected chi connectivity index (χ4v) is 3.72. The molecule has 0 spiro atoms. The highest BCUT2D eigenvalue weighted by Gasteiger charge is 2.40. The molecule has 1 aliphatic rings. The number of anilines is 1. The molecule has 4 nitrogen and oxygen atoms in total. The van der Waals surface area contributed by atoms with Crippen LogP contribution in [0.1, 0.15) is 42.5 Å². The first-order chi connectivity index (χ1) is 12.7. The van der Waals surface area contributed by atoms with Gasteiger partial charge < -0.3 is 15.7 Å². The van der Waals surface area contributed by atoms with Gasteiger partial charge in [0.15, 0.2) is 0 Å². The van der Waals surface area contributed by atoms with Crippen LogP contribution in [0.3, 0.4) is 0 Å². The number of rotatable bonds is 4. The van der Waals surface area contributed by atoms with Crippen LogP contribution in [0.4, 0.5) is 23.7 Å². The molecule has 3 rings (SSSR count). The average molecular weight is 378 g/mol. The molecule has 0 saturated heterocycles. The summed E-state index contributed by atoms with van der Waals surface area (Å²) in [5.41, 5.74) is 0.694. The van der Waals surface area contributed by atoms with E-state index in [1.165, 1.54) is 6.07 Å². The second-order valence-electron chi connectivity index (χ2n) is 6.93. The van der Waals surface area contributed by atoms with E-state index < -0.39 is 29.4 Å². The normalized spacial score (nSPS) is 21.9. The molecule has 1 heterocycles. The first-order valence-corrected chi connectivity index (χ1v) is 8.75. The van der Waals surface area contributed by atoms with E-state index in [0.717, 1.165) is 17.7 Å². The van der Waals surface area contributed by atoms with Gasteiger partial charge in [0, 0.05) is 11.2 Å². The number of amides is 1. The van der Waals surface area contributed by atoms with Crippen LogP contribution < -0.4 is 10.6 Å². The standard InChI is InChI=1S/C20H21F3N2O2/c1-2-19(11-13-6-4-3-5-7-13)12-17(24-18(26)27)15-10-14(20(21,22)23)8-9-16(15)25-19/h3-10,17,24-25H,2,11-12H2,1H3,(H,26,27). The molecule has 0 aliphatic carbocycles. The number of fused-ring (bicyclic) bond motifs is 1. The topological polar surface area (TPSA) is 61.4 Å². The Morgan fingerprint density at radius 1 is 1.26 bits per heavy atom. The van der Waals surface area contributed by atoms with Crippen molar-refractivity contribution in [3.8, 4) is 0 Å². The van der Waals surface area contributed by atoms with E-state index in [2.05, 4.69) is 10.6 Å². The number of alkyl halides is 3. The molecule has 0 radical (unpaired) electrons. The molecule has 0 aromatic heterocycles. The van der Waals surface area contributed by atoms with Gasteiger partial charge in [-0.05, 0) is 48.6 Å². The molecule has 7 heteroatoms. The molecule has 0 bridgehead atoms. The van der Waals surface area contributed by atoms with Crippen LogP contribution in [0.25, 0.3) is 0 Å². The zero-order valence-corrected chi connectivity index (χ0v) is 14.8. The van der Waals surface area contributed by atoms with Crippen LogP contribution in [0.15, 0.2) is 48.5 Å². The van der Waals surface area contributed by atoms with Crippen LogP contribution in [0, 0.1) is 0 Å². The van der Waals surface area contributed by atoms with Gasteiger partial charge in [-0.25, -0.2) is 4.79 Å². The third-order valence-corrected chi connectivity index (χ3v) is 5.11. The minimum atomic E-state index is -4.48. The highest BCUT2D eigenvalue weighted by molar-refractivity contribution is 5.68. The second kappa shape index (κ2) is 7.13. The van der Waals surface area contributed by atoms with E-state index in [-0.39, 0.29) is 0 Å². The molecule has 144 valence electrons. The third kappa shape index (κ3) is 4.18. The van der Waals surface area contributed by atoms with Gasteiger partial charge in [0.1, 0.15) is 0 Å². The summed E-state index contributed by atoms with van der Waals surface area (Å²) in [6.45, 7) is 1.99. The summed E-state index contributed by atoms with van der Waals surface area (Å²) < 4.78 is 39.3. The van der Waals surface area contributed by atoms with Crippen molar-refractivity contribution in [2.45, 2.75) is 43.9 Å². The summed E-state index contributed by atoms with van der Waals surface area (Å²) in [6.07, 6.45) is -4.04. The zero-order chi connectivity index (χ0) is 19.7. The summed E-state index contributed by atoms with van der Waals surface area (Å²) in [6, 6.07) is 12.5. The maximum absolute atomic E-state index is 13.1. The maximum Gasteiger partial charge on any atom is 0.416 e. The number of carboxylic acid groups (broad SMARTS) is 1. The summed E-state index contributed by atoms with van der Waals surface area (Å²) in [5, 5.41) is 15.0. The summed E-state index contributed by atoms with van der Waals surface area (Å²) in [4.78, 5) is 11.3. The maximum atomic E-state index is 13.1. The highest BCUT2D eigenvalue weighted by Crippen LogP contribution is 2.43. The van der Waals surface area contributed by atoms with Crippen LogP contribution in [-0.2, 0) is 12.6 Å². The van der Waals surface area contributed by atoms with Crippen LogP contribution in [-0.4, -0.2) is 16.7 Å². The first-order valence-electron chi connectivity index (χ1n) is 8.75. The van der Waals surface area contributed by atoms with Gasteiger partial charge in [-0.2, -0.15) is 13.2 Å². The van der Waals surface area contributed by atoms with Gasteiger partial charge in [-0.3, -0.25) is 0 Å². The molecule has 3 N–H and O–H groups in total. The number of hydrogen-bond donors (Lipinski definition) is 3. The molecule has 2 atom stereocenters. The van der Waals surface area contributed by atoms with Crippen molar-refractivity contribution < 1.29 is 23.1 Å². The minimum absolute atomic E-state index is 0.323. The summed E-state index contributed by atoms with van der Waals surface area (Å²) in [5.74, 6) is 0. The Morgan fingerprint density at radius 3 is 2.56 bits per heavy atom. The van der Waals surface area contributed by atoms with Gasteiger partial charge in [0.2, 0.25) is 0 Å². The minimum Gasteiger partial charge on any atom is -0.465 e. The molecule has 27 heavy (non-hydrogen) atoms. The summed E-state index contributed by atoms with van der Waals surface area (Å²) in [7, 11) is 0. The predicted molar refractivity (Wildman–Crippen MR) is 96.8 cm³/mol. The van der Waals surface area contributed by atoms with Gasteiger partial charge in [-0.15, -0.1) is 0 Å². The number of carbonyl (C=O) groups is 1. The Morgan fingerprint density at radius 2 is 1.96 bits per heavy atom. The Hall–Kier alpha value is -2.70. The number of hydrogen-bond acceptors (Lipinski definition) is 2. The second-order valence-corrected chi connectivity index (χ2v) is 6.93. The fraction of sp³-hybridized carbons (Fsp3) is 0.350. The lowest BCUT2D eigenvalue weighted by atomic mass is 9.77. The average Bonchev–Trinajstić information content (AvgIpc) is 2.61. The van der Waals surface area contributed by atoms with E-state index in [4.69, 9.17) is 0 Å². The Balaban J connectivity index is 2.01. The Kier molecular flexibility index (Phi) is 5.04. The lowest BCUT2D eigenvalue weighted by molar-refractivity contribution is -0.137. The van der Waals surface area contributed by atoms with Crippen molar-refractivity contribution in [1.82, 2.24) is 5.32 Å². The highest BCUT2D eigenvalue weighted by atomic mass is 19.4. The number of halogens is 3. The van der Waals surface area contributed by atoms with Gasteiger partial charge >= 0.3 is 12.3 Å². The smallest absolute Gasteiger partial charge is 0.416 e. The van der Waals surface area contributed by atoms with Crippen LogP contribution in [0.2, 0.25) is 0 Å². The van der Waals surface area contributed by atoms with E-state index in [1.54, 1.807) is 0 Å². The monoisotopic (exact) mass is 378 g/mol. The lowest BCUT2D eigenvalue weighted by Crippen LogP contribution is -2.48. The predicted octanol–water partition coefficient (Wildman–Crippen LogP) is 5.22.